The van der Waals surface area contributed by atoms with Crippen LogP contribution in [0.15, 0.2) is 58.8 Å². The first-order valence-corrected chi connectivity index (χ1v) is 6.72. The van der Waals surface area contributed by atoms with Gasteiger partial charge >= 0.3 is 5.97 Å². The maximum absolute atomic E-state index is 11.5. The van der Waals surface area contributed by atoms with Gasteiger partial charge in [0, 0.05) is 5.69 Å². The molecular weight excluding hydrogens is 282 g/mol. The van der Waals surface area contributed by atoms with Gasteiger partial charge in [-0.2, -0.15) is 10.2 Å². The molecule has 112 valence electrons. The van der Waals surface area contributed by atoms with E-state index in [1.807, 2.05) is 0 Å². The average molecular weight is 297 g/mol. The number of anilines is 1. The predicted octanol–water partition coefficient (Wildman–Crippen LogP) is 3.85. The number of hydrogen-bond donors (Lipinski definition) is 1. The van der Waals surface area contributed by atoms with Gasteiger partial charge in [-0.1, -0.05) is 0 Å². The highest BCUT2D eigenvalue weighted by molar-refractivity contribution is 5.89. The number of rotatable bonds is 6. The third-order valence-corrected chi connectivity index (χ3v) is 2.75. The van der Waals surface area contributed by atoms with Crippen molar-refractivity contribution in [2.45, 2.75) is 6.92 Å². The predicted molar refractivity (Wildman–Crippen MR) is 82.7 cm³/mol. The van der Waals surface area contributed by atoms with E-state index in [-0.39, 0.29) is 5.97 Å². The lowest BCUT2D eigenvalue weighted by Crippen LogP contribution is -2.03. The zero-order chi connectivity index (χ0) is 15.8. The molecule has 0 spiro atoms. The van der Waals surface area contributed by atoms with Crippen LogP contribution in [0.1, 0.15) is 17.3 Å². The molecule has 0 fully saturated rings. The number of benzene rings is 2. The van der Waals surface area contributed by atoms with Crippen molar-refractivity contribution in [1.82, 2.24) is 0 Å². The molecule has 0 radical (unpaired) electrons. The summed E-state index contributed by atoms with van der Waals surface area (Å²) in [5, 5.41) is 10.7. The molecule has 2 rings (SSSR count). The monoisotopic (exact) mass is 297 g/mol. The summed E-state index contributed by atoms with van der Waals surface area (Å²) in [6, 6.07) is 13.6. The summed E-state index contributed by atoms with van der Waals surface area (Å²) in [5.74, 6) is -0.357. The van der Waals surface area contributed by atoms with E-state index >= 15 is 0 Å². The lowest BCUT2D eigenvalue weighted by atomic mass is 10.2. The molecule has 2 aromatic rings. The van der Waals surface area contributed by atoms with Crippen LogP contribution in [0.25, 0.3) is 0 Å². The first kappa shape index (κ1) is 15.4. The van der Waals surface area contributed by atoms with Crippen molar-refractivity contribution in [2.24, 2.45) is 10.2 Å². The lowest BCUT2D eigenvalue weighted by molar-refractivity contribution is -0.105. The number of esters is 1. The first-order chi connectivity index (χ1) is 10.7. The molecule has 0 unspecified atom stereocenters. The number of ether oxygens (including phenoxy) is 1. The fourth-order valence-corrected chi connectivity index (χ4v) is 1.69. The van der Waals surface area contributed by atoms with Crippen LogP contribution in [0.5, 0.6) is 0 Å². The molecule has 0 saturated carbocycles. The molecule has 0 saturated heterocycles. The summed E-state index contributed by atoms with van der Waals surface area (Å²) in [6.07, 6.45) is 0.613. The summed E-state index contributed by atoms with van der Waals surface area (Å²) in [6.45, 7) is 2.10. The van der Waals surface area contributed by atoms with E-state index in [4.69, 9.17) is 4.74 Å². The zero-order valence-corrected chi connectivity index (χ0v) is 12.0. The number of nitrogens with one attached hydrogen (secondary N) is 1. The zero-order valence-electron chi connectivity index (χ0n) is 12.0. The summed E-state index contributed by atoms with van der Waals surface area (Å²) in [4.78, 5) is 21.8. The van der Waals surface area contributed by atoms with E-state index < -0.39 is 0 Å². The van der Waals surface area contributed by atoms with Gasteiger partial charge in [0.25, 0.3) is 0 Å². The Balaban J connectivity index is 2.03. The maximum atomic E-state index is 11.5. The largest absolute Gasteiger partial charge is 0.462 e. The van der Waals surface area contributed by atoms with Gasteiger partial charge in [-0.15, -0.1) is 0 Å². The van der Waals surface area contributed by atoms with E-state index in [0.717, 1.165) is 0 Å². The van der Waals surface area contributed by atoms with Crippen LogP contribution >= 0.6 is 0 Å². The fourth-order valence-electron chi connectivity index (χ4n) is 1.69. The second-order valence-electron chi connectivity index (χ2n) is 4.28. The van der Waals surface area contributed by atoms with Gasteiger partial charge in [0.2, 0.25) is 6.41 Å². The Kier molecular flexibility index (Phi) is 5.37. The molecule has 6 heteroatoms. The van der Waals surface area contributed by atoms with Crippen LogP contribution in [0.3, 0.4) is 0 Å². The van der Waals surface area contributed by atoms with Crippen molar-refractivity contribution in [3.63, 3.8) is 0 Å². The van der Waals surface area contributed by atoms with Crippen LogP contribution in [0, 0.1) is 0 Å². The van der Waals surface area contributed by atoms with Crippen molar-refractivity contribution in [2.75, 3.05) is 11.9 Å². The lowest BCUT2D eigenvalue weighted by Gasteiger charge is -2.01. The van der Waals surface area contributed by atoms with Crippen molar-refractivity contribution in [3.8, 4) is 0 Å². The van der Waals surface area contributed by atoms with E-state index in [0.29, 0.717) is 35.6 Å². The average Bonchev–Trinajstić information content (AvgIpc) is 2.55. The number of nitrogens with zero attached hydrogens (tertiary/aromatic N) is 2. The molecule has 0 heterocycles. The van der Waals surface area contributed by atoms with Gasteiger partial charge < -0.3 is 10.1 Å². The SMILES string of the molecule is CCOC(=O)c1ccc(N=Nc2ccc(NC=O)cc2)cc1. The molecule has 0 aromatic heterocycles. The molecule has 1 N–H and O–H groups in total. The molecular formula is C16H15N3O3. The van der Waals surface area contributed by atoms with E-state index in [1.165, 1.54) is 0 Å². The summed E-state index contributed by atoms with van der Waals surface area (Å²) in [7, 11) is 0. The molecule has 0 aliphatic heterocycles. The van der Waals surface area contributed by atoms with Gasteiger partial charge in [-0.25, -0.2) is 4.79 Å². The van der Waals surface area contributed by atoms with Crippen molar-refractivity contribution >= 4 is 29.4 Å². The van der Waals surface area contributed by atoms with E-state index in [9.17, 15) is 9.59 Å². The number of azo groups is 1. The molecule has 22 heavy (non-hydrogen) atoms. The number of carbonyl (C=O) groups excluding carboxylic acids is 2. The molecule has 1 amide bonds. The highest BCUT2D eigenvalue weighted by Crippen LogP contribution is 2.20. The maximum Gasteiger partial charge on any atom is 0.338 e. The van der Waals surface area contributed by atoms with Crippen molar-refractivity contribution in [3.05, 3.63) is 54.1 Å². The van der Waals surface area contributed by atoms with Crippen LogP contribution in [0.2, 0.25) is 0 Å². The number of hydrogen-bond acceptors (Lipinski definition) is 5. The van der Waals surface area contributed by atoms with Crippen LogP contribution in [0.4, 0.5) is 17.1 Å². The van der Waals surface area contributed by atoms with Gasteiger partial charge in [-0.3, -0.25) is 4.79 Å². The highest BCUT2D eigenvalue weighted by Gasteiger charge is 2.05. The van der Waals surface area contributed by atoms with Crippen molar-refractivity contribution < 1.29 is 14.3 Å². The Bertz CT molecular complexity index is 664. The Labute approximate surface area is 127 Å². The quantitative estimate of drug-likeness (QED) is 0.499. The Morgan fingerprint density at radius 3 is 2.09 bits per heavy atom. The second kappa shape index (κ2) is 7.68. The summed E-state index contributed by atoms with van der Waals surface area (Å²) >= 11 is 0. The van der Waals surface area contributed by atoms with Gasteiger partial charge in [0.15, 0.2) is 0 Å². The Morgan fingerprint density at radius 1 is 1.05 bits per heavy atom. The molecule has 0 aliphatic rings. The highest BCUT2D eigenvalue weighted by atomic mass is 16.5. The molecule has 0 atom stereocenters. The van der Waals surface area contributed by atoms with E-state index in [2.05, 4.69) is 15.5 Å². The molecule has 6 nitrogen and oxygen atoms in total. The topological polar surface area (TPSA) is 80.1 Å². The minimum atomic E-state index is -0.357. The van der Waals surface area contributed by atoms with Gasteiger partial charge in [0.05, 0.1) is 23.5 Å². The number of amides is 1. The third kappa shape index (κ3) is 4.24. The minimum absolute atomic E-state index is 0.343. The first-order valence-electron chi connectivity index (χ1n) is 6.72. The molecule has 2 aromatic carbocycles. The fraction of sp³-hybridized carbons (Fsp3) is 0.125. The van der Waals surface area contributed by atoms with Crippen LogP contribution in [-0.4, -0.2) is 19.0 Å². The third-order valence-electron chi connectivity index (χ3n) is 2.75. The number of carbonyl (C=O) groups is 2. The molecule has 0 aliphatic carbocycles. The smallest absolute Gasteiger partial charge is 0.338 e. The van der Waals surface area contributed by atoms with Crippen molar-refractivity contribution in [1.29, 1.82) is 0 Å². The Hall–Kier alpha value is -3.02. The normalized spacial score (nSPS) is 10.4. The van der Waals surface area contributed by atoms with E-state index in [1.54, 1.807) is 55.5 Å². The second-order valence-corrected chi connectivity index (χ2v) is 4.28. The molecule has 0 bridgehead atoms. The standard InChI is InChI=1S/C16H15N3O3/c1-2-22-16(21)12-3-5-14(6-4-12)18-19-15-9-7-13(8-10-15)17-11-20/h3-11H,2H2,1H3,(H,17,20). The van der Waals surface area contributed by atoms with Gasteiger partial charge in [0.1, 0.15) is 0 Å². The summed E-state index contributed by atoms with van der Waals surface area (Å²) in [5.41, 5.74) is 2.45. The van der Waals surface area contributed by atoms with Crippen LogP contribution in [-0.2, 0) is 9.53 Å². The Morgan fingerprint density at radius 2 is 1.59 bits per heavy atom. The van der Waals surface area contributed by atoms with Gasteiger partial charge in [-0.05, 0) is 55.5 Å². The van der Waals surface area contributed by atoms with Crippen LogP contribution < -0.4 is 5.32 Å². The summed E-state index contributed by atoms with van der Waals surface area (Å²) < 4.78 is 4.90. The minimum Gasteiger partial charge on any atom is -0.462 e.